The normalized spacial score (nSPS) is 20.3. The van der Waals surface area contributed by atoms with Crippen LogP contribution in [0.15, 0.2) is 65.5 Å². The predicted molar refractivity (Wildman–Crippen MR) is 129 cm³/mol. The summed E-state index contributed by atoms with van der Waals surface area (Å²) in [7, 11) is 0. The lowest BCUT2D eigenvalue weighted by Gasteiger charge is -2.28. The van der Waals surface area contributed by atoms with E-state index >= 15 is 0 Å². The monoisotopic (exact) mass is 461 g/mol. The number of Topliss-reactive ketones (excluding diaryl/α,β-unsaturated/α-hetero) is 1. The molecule has 0 radical (unpaired) electrons. The van der Waals surface area contributed by atoms with Gasteiger partial charge in [0.1, 0.15) is 18.1 Å². The molecule has 4 rings (SSSR count). The van der Waals surface area contributed by atoms with Crippen LogP contribution in [0.3, 0.4) is 0 Å². The molecule has 8 heteroatoms. The number of benzene rings is 1. The molecule has 2 heterocycles. The van der Waals surface area contributed by atoms with Crippen molar-refractivity contribution in [1.29, 1.82) is 0 Å². The number of nitrogens with one attached hydrogen (secondary N) is 2. The standard InChI is InChI=1S/C26H31N5O3/c1-16(2)20-10-8-19(9-11-20)13-31-14-22(29-30-31)15-34-23-7-5-6-21(12-23)25-24(18(4)32)17(3)27-26(33)28-25/h5-8,12,14,20,25H,1,9-11,13,15H2,2-4H3,(H2,27,28,33)/t20-,25?/m1/s1. The van der Waals surface area contributed by atoms with Crippen molar-refractivity contribution < 1.29 is 14.3 Å². The summed E-state index contributed by atoms with van der Waals surface area (Å²) in [4.78, 5) is 24.2. The van der Waals surface area contributed by atoms with E-state index in [2.05, 4.69) is 40.5 Å². The Kier molecular flexibility index (Phi) is 6.95. The lowest BCUT2D eigenvalue weighted by molar-refractivity contribution is -0.114. The molecule has 0 fully saturated rings. The molecule has 0 saturated heterocycles. The zero-order chi connectivity index (χ0) is 24.2. The van der Waals surface area contributed by atoms with Gasteiger partial charge in [0, 0.05) is 11.3 Å². The van der Waals surface area contributed by atoms with Crippen LogP contribution in [0.25, 0.3) is 0 Å². The van der Waals surface area contributed by atoms with E-state index in [0.29, 0.717) is 22.9 Å². The first-order valence-corrected chi connectivity index (χ1v) is 11.5. The SMILES string of the molecule is C=C(C)[C@@H]1CC=C(Cn2cc(COc3cccc(C4NC(=O)NC(C)=C4C(C)=O)c3)nn2)CC1. The molecule has 2 amide bonds. The molecule has 1 unspecified atom stereocenters. The van der Waals surface area contributed by atoms with Gasteiger partial charge in [-0.3, -0.25) is 4.79 Å². The molecule has 0 spiro atoms. The molecule has 34 heavy (non-hydrogen) atoms. The second-order valence-electron chi connectivity index (χ2n) is 9.07. The largest absolute Gasteiger partial charge is 0.487 e. The molecular formula is C26H31N5O3. The number of carbonyl (C=O) groups excluding carboxylic acids is 2. The highest BCUT2D eigenvalue weighted by Crippen LogP contribution is 2.30. The Morgan fingerprint density at radius 3 is 2.85 bits per heavy atom. The Hall–Kier alpha value is -3.68. The second kappa shape index (κ2) is 10.1. The molecule has 0 saturated carbocycles. The van der Waals surface area contributed by atoms with Gasteiger partial charge in [0.2, 0.25) is 0 Å². The molecule has 178 valence electrons. The van der Waals surface area contributed by atoms with Gasteiger partial charge < -0.3 is 15.4 Å². The lowest BCUT2D eigenvalue weighted by atomic mass is 9.85. The topological polar surface area (TPSA) is 98.1 Å². The molecule has 1 aromatic heterocycles. The summed E-state index contributed by atoms with van der Waals surface area (Å²) in [6.45, 7) is 10.4. The predicted octanol–water partition coefficient (Wildman–Crippen LogP) is 4.38. The summed E-state index contributed by atoms with van der Waals surface area (Å²) >= 11 is 0. The maximum atomic E-state index is 12.2. The number of carbonyl (C=O) groups is 2. The van der Waals surface area contributed by atoms with Gasteiger partial charge in [0.05, 0.1) is 18.8 Å². The van der Waals surface area contributed by atoms with E-state index in [1.54, 1.807) is 6.92 Å². The Morgan fingerprint density at radius 2 is 2.15 bits per heavy atom. The van der Waals surface area contributed by atoms with E-state index in [-0.39, 0.29) is 18.4 Å². The van der Waals surface area contributed by atoms with Gasteiger partial charge in [-0.15, -0.1) is 5.10 Å². The van der Waals surface area contributed by atoms with E-state index in [4.69, 9.17) is 4.74 Å². The fourth-order valence-electron chi connectivity index (χ4n) is 4.52. The van der Waals surface area contributed by atoms with Crippen molar-refractivity contribution in [3.05, 3.63) is 76.8 Å². The van der Waals surface area contributed by atoms with Crippen LogP contribution in [-0.2, 0) is 17.9 Å². The number of ketones is 1. The average Bonchev–Trinajstić information content (AvgIpc) is 3.24. The number of rotatable bonds is 8. The molecule has 1 aliphatic carbocycles. The number of hydrogen-bond acceptors (Lipinski definition) is 5. The van der Waals surface area contributed by atoms with Crippen molar-refractivity contribution >= 4 is 11.8 Å². The van der Waals surface area contributed by atoms with Crippen molar-refractivity contribution in [2.45, 2.75) is 59.2 Å². The first-order valence-electron chi connectivity index (χ1n) is 11.5. The zero-order valence-corrected chi connectivity index (χ0v) is 19.9. The minimum Gasteiger partial charge on any atom is -0.487 e. The van der Waals surface area contributed by atoms with E-state index in [1.807, 2.05) is 35.1 Å². The van der Waals surface area contributed by atoms with Crippen molar-refractivity contribution in [1.82, 2.24) is 25.6 Å². The highest BCUT2D eigenvalue weighted by Gasteiger charge is 2.29. The van der Waals surface area contributed by atoms with Crippen LogP contribution in [-0.4, -0.2) is 26.8 Å². The van der Waals surface area contributed by atoms with Gasteiger partial charge in [-0.05, 0) is 63.6 Å². The van der Waals surface area contributed by atoms with Crippen molar-refractivity contribution in [2.75, 3.05) is 0 Å². The van der Waals surface area contributed by atoms with E-state index < -0.39 is 6.04 Å². The summed E-state index contributed by atoms with van der Waals surface area (Å²) in [6.07, 6.45) is 7.45. The quantitative estimate of drug-likeness (QED) is 0.569. The Labute approximate surface area is 199 Å². The number of aromatic nitrogens is 3. The Balaban J connectivity index is 1.39. The highest BCUT2D eigenvalue weighted by molar-refractivity contribution is 5.98. The first kappa shape index (κ1) is 23.5. The van der Waals surface area contributed by atoms with Crippen LogP contribution in [0, 0.1) is 5.92 Å². The number of ether oxygens (including phenoxy) is 1. The molecule has 2 N–H and O–H groups in total. The Morgan fingerprint density at radius 1 is 1.32 bits per heavy atom. The van der Waals surface area contributed by atoms with Crippen molar-refractivity contribution in [3.8, 4) is 5.75 Å². The van der Waals surface area contributed by atoms with Gasteiger partial charge in [-0.2, -0.15) is 0 Å². The molecule has 1 aliphatic heterocycles. The number of urea groups is 1. The van der Waals surface area contributed by atoms with Crippen LogP contribution in [0.1, 0.15) is 57.3 Å². The third-order valence-electron chi connectivity index (χ3n) is 6.38. The van der Waals surface area contributed by atoms with Crippen LogP contribution < -0.4 is 15.4 Å². The van der Waals surface area contributed by atoms with Gasteiger partial charge in [0.15, 0.2) is 5.78 Å². The molecular weight excluding hydrogens is 430 g/mol. The molecule has 1 aromatic carbocycles. The van der Waals surface area contributed by atoms with Crippen LogP contribution in [0.2, 0.25) is 0 Å². The van der Waals surface area contributed by atoms with E-state index in [0.717, 1.165) is 37.1 Å². The van der Waals surface area contributed by atoms with Crippen molar-refractivity contribution in [2.24, 2.45) is 5.92 Å². The van der Waals surface area contributed by atoms with Gasteiger partial charge in [0.25, 0.3) is 0 Å². The average molecular weight is 462 g/mol. The third kappa shape index (κ3) is 5.44. The molecule has 2 atom stereocenters. The summed E-state index contributed by atoms with van der Waals surface area (Å²) in [5.74, 6) is 1.12. The summed E-state index contributed by atoms with van der Waals surface area (Å²) in [6, 6.07) is 6.53. The van der Waals surface area contributed by atoms with Gasteiger partial charge >= 0.3 is 6.03 Å². The second-order valence-corrected chi connectivity index (χ2v) is 9.07. The fraction of sp³-hybridized carbons (Fsp3) is 0.385. The van der Waals surface area contributed by atoms with Gasteiger partial charge in [-0.25, -0.2) is 9.48 Å². The highest BCUT2D eigenvalue weighted by atomic mass is 16.5. The third-order valence-corrected chi connectivity index (χ3v) is 6.38. The summed E-state index contributed by atoms with van der Waals surface area (Å²) in [5.41, 5.74) is 5.23. The number of amides is 2. The van der Waals surface area contributed by atoms with Crippen LogP contribution in [0.5, 0.6) is 5.75 Å². The molecule has 2 aliphatic rings. The maximum absolute atomic E-state index is 12.2. The minimum absolute atomic E-state index is 0.0961. The molecule has 2 aromatic rings. The van der Waals surface area contributed by atoms with E-state index in [1.165, 1.54) is 18.1 Å². The number of hydrogen-bond donors (Lipinski definition) is 2. The zero-order valence-electron chi connectivity index (χ0n) is 19.9. The van der Waals surface area contributed by atoms with Gasteiger partial charge in [-0.1, -0.05) is 41.1 Å². The fourth-order valence-corrected chi connectivity index (χ4v) is 4.52. The molecule has 0 bridgehead atoms. The van der Waals surface area contributed by atoms with Crippen molar-refractivity contribution in [3.63, 3.8) is 0 Å². The van der Waals surface area contributed by atoms with E-state index in [9.17, 15) is 9.59 Å². The summed E-state index contributed by atoms with van der Waals surface area (Å²) in [5, 5.41) is 14.0. The first-order chi connectivity index (χ1) is 16.3. The van der Waals surface area contributed by atoms with Crippen LogP contribution >= 0.6 is 0 Å². The Bertz CT molecular complexity index is 1180. The smallest absolute Gasteiger partial charge is 0.319 e. The minimum atomic E-state index is -0.524. The lowest BCUT2D eigenvalue weighted by Crippen LogP contribution is -2.44. The summed E-state index contributed by atoms with van der Waals surface area (Å²) < 4.78 is 7.79. The number of nitrogens with zero attached hydrogens (tertiary/aromatic N) is 3. The number of allylic oxidation sites excluding steroid dienone is 4. The van der Waals surface area contributed by atoms with Crippen LogP contribution in [0.4, 0.5) is 4.79 Å². The molecule has 8 nitrogen and oxygen atoms in total. The maximum Gasteiger partial charge on any atom is 0.319 e.